The maximum atomic E-state index is 5.68. The first-order valence-electron chi connectivity index (χ1n) is 22.4. The molecule has 4 heteroatoms. The quantitative estimate of drug-likeness (QED) is 0.164. The van der Waals surface area contributed by atoms with Gasteiger partial charge >= 0.3 is 6.85 Å². The Kier molecular flexibility index (Phi) is 7.37. The molecule has 0 saturated heterocycles. The number of pyridine rings is 1. The second-order valence-electron chi connectivity index (χ2n) is 20.8. The Morgan fingerprint density at radius 2 is 1.21 bits per heavy atom. The summed E-state index contributed by atoms with van der Waals surface area (Å²) in [5.41, 5.74) is 19.7. The van der Waals surface area contributed by atoms with Crippen molar-refractivity contribution in [3.8, 4) is 28.1 Å². The predicted molar refractivity (Wildman–Crippen MR) is 263 cm³/mol. The van der Waals surface area contributed by atoms with Gasteiger partial charge in [-0.3, -0.25) is 4.57 Å². The molecule has 10 aromatic rings. The van der Waals surface area contributed by atoms with E-state index in [0.29, 0.717) is 11.8 Å². The van der Waals surface area contributed by atoms with Gasteiger partial charge in [-0.15, -0.1) is 0 Å². The highest BCUT2D eigenvalue weighted by Crippen LogP contribution is 2.50. The van der Waals surface area contributed by atoms with Crippen LogP contribution in [-0.2, 0) is 10.8 Å². The molecule has 61 heavy (non-hydrogen) atoms. The summed E-state index contributed by atoms with van der Waals surface area (Å²) in [4.78, 5) is 5.68. The molecule has 2 aliphatic rings. The molecule has 2 aliphatic heterocycles. The van der Waals surface area contributed by atoms with Gasteiger partial charge in [-0.05, 0) is 131 Å². The maximum Gasteiger partial charge on any atom is 0.334 e. The number of nitrogens with zero attached hydrogens (tertiary/aromatic N) is 3. The molecule has 0 amide bonds. The van der Waals surface area contributed by atoms with Gasteiger partial charge in [0.05, 0.1) is 16.6 Å². The molecule has 0 radical (unpaired) electrons. The summed E-state index contributed by atoms with van der Waals surface area (Å²) in [5.74, 6) is 1.83. The largest absolute Gasteiger partial charge is 0.375 e. The fourth-order valence-electron chi connectivity index (χ4n) is 11.3. The van der Waals surface area contributed by atoms with E-state index in [9.17, 15) is 0 Å². The lowest BCUT2D eigenvalue weighted by Gasteiger charge is -2.34. The Morgan fingerprint density at radius 3 is 1.93 bits per heavy atom. The normalized spacial score (nSPS) is 13.7. The summed E-state index contributed by atoms with van der Waals surface area (Å²) < 4.78 is 5.26. The standard InChI is InChI=1S/C57H52BN3/c1-31(2)37-19-15-20-38(32(3)4)49(37)34-22-24-47-43(26-34)51-40-18-13-12-17-39(40)50-44-30-36(57(8,9)10)29-42-41-28-35(56(5,6)7)23-25-48(41)61(53(42)44)58-45-27-33-16-11-14-21-46(33)59-55(45)60(47)54(51)52(50)58/h11-32H,1-10H3. The molecule has 0 unspecified atom stereocenters. The first kappa shape index (κ1) is 36.7. The van der Waals surface area contributed by atoms with Crippen molar-refractivity contribution in [2.45, 2.75) is 91.9 Å². The van der Waals surface area contributed by atoms with Gasteiger partial charge in [-0.2, -0.15) is 0 Å². The van der Waals surface area contributed by atoms with Crippen molar-refractivity contribution in [1.82, 2.24) is 14.0 Å². The molecule has 3 nitrogen and oxygen atoms in total. The molecular weight excluding hydrogens is 737 g/mol. The van der Waals surface area contributed by atoms with Gasteiger partial charge in [0.1, 0.15) is 5.82 Å². The van der Waals surface area contributed by atoms with Crippen molar-refractivity contribution in [1.29, 1.82) is 0 Å². The minimum absolute atomic E-state index is 0.0181. The minimum Gasteiger partial charge on any atom is -0.375 e. The summed E-state index contributed by atoms with van der Waals surface area (Å²) in [7, 11) is 0. The van der Waals surface area contributed by atoms with Gasteiger partial charge < -0.3 is 4.48 Å². The first-order valence-corrected chi connectivity index (χ1v) is 22.4. The van der Waals surface area contributed by atoms with E-state index in [4.69, 9.17) is 4.98 Å². The van der Waals surface area contributed by atoms with Crippen LogP contribution in [0.4, 0.5) is 0 Å². The highest BCUT2D eigenvalue weighted by atomic mass is 15.1. The lowest BCUT2D eigenvalue weighted by atomic mass is 9.45. The van der Waals surface area contributed by atoms with Crippen molar-refractivity contribution in [2.24, 2.45) is 0 Å². The number of hydrogen-bond acceptors (Lipinski definition) is 1. The van der Waals surface area contributed by atoms with E-state index >= 15 is 0 Å². The second kappa shape index (κ2) is 12.3. The number of para-hydroxylation sites is 1. The number of hydrogen-bond donors (Lipinski definition) is 0. The van der Waals surface area contributed by atoms with Crippen LogP contribution in [0.15, 0.2) is 121 Å². The van der Waals surface area contributed by atoms with E-state index in [0.717, 1.165) is 11.3 Å². The Morgan fingerprint density at radius 1 is 0.541 bits per heavy atom. The van der Waals surface area contributed by atoms with Crippen LogP contribution < -0.4 is 10.9 Å². The lowest BCUT2D eigenvalue weighted by molar-refractivity contribution is 0.590. The van der Waals surface area contributed by atoms with E-state index in [2.05, 4.69) is 200 Å². The fraction of sp³-hybridized carbons (Fsp3) is 0.246. The molecule has 7 aromatic carbocycles. The lowest BCUT2D eigenvalue weighted by Crippen LogP contribution is -2.55. The molecule has 12 rings (SSSR count). The van der Waals surface area contributed by atoms with Gasteiger partial charge in [-0.25, -0.2) is 4.98 Å². The number of rotatable bonds is 3. The van der Waals surface area contributed by atoms with E-state index in [1.165, 1.54) is 115 Å². The molecule has 298 valence electrons. The zero-order chi connectivity index (χ0) is 42.0. The van der Waals surface area contributed by atoms with Crippen LogP contribution in [0.2, 0.25) is 0 Å². The average Bonchev–Trinajstić information content (AvgIpc) is 3.76. The SMILES string of the molecule is CC(C)c1cccc(C(C)C)c1-c1ccc2c(c1)c1c3ccccc3c3c4c1n2-c1nc2ccccc2cc1B4n1c2ccc(C(C)(C)C)cc2c2cc(C(C)(C)C)cc-3c21. The molecule has 0 aliphatic carbocycles. The number of fused-ring (bicyclic) bond motifs is 15. The third-order valence-corrected chi connectivity index (χ3v) is 14.3. The van der Waals surface area contributed by atoms with Crippen LogP contribution in [0, 0.1) is 0 Å². The zero-order valence-electron chi connectivity index (χ0n) is 37.1. The van der Waals surface area contributed by atoms with Gasteiger partial charge in [-0.1, -0.05) is 148 Å². The summed E-state index contributed by atoms with van der Waals surface area (Å²) in [6.07, 6.45) is 0. The summed E-state index contributed by atoms with van der Waals surface area (Å²) in [6.45, 7) is 23.3. The Hall–Kier alpha value is -6.13. The highest BCUT2D eigenvalue weighted by molar-refractivity contribution is 6.90. The van der Waals surface area contributed by atoms with E-state index in [-0.39, 0.29) is 17.7 Å². The molecule has 0 spiro atoms. The molecule has 0 N–H and O–H groups in total. The monoisotopic (exact) mass is 789 g/mol. The number of benzene rings is 7. The first-order chi connectivity index (χ1) is 29.2. The van der Waals surface area contributed by atoms with Gasteiger partial charge in [0.25, 0.3) is 0 Å². The maximum absolute atomic E-state index is 5.68. The highest BCUT2D eigenvalue weighted by Gasteiger charge is 2.44. The smallest absolute Gasteiger partial charge is 0.334 e. The molecule has 0 bridgehead atoms. The van der Waals surface area contributed by atoms with Crippen LogP contribution in [-0.4, -0.2) is 20.9 Å². The Labute approximate surface area is 359 Å². The molecular formula is C57H52BN3. The van der Waals surface area contributed by atoms with Gasteiger partial charge in [0, 0.05) is 38.1 Å². The molecule has 0 atom stereocenters. The van der Waals surface area contributed by atoms with Crippen molar-refractivity contribution in [2.75, 3.05) is 0 Å². The van der Waals surface area contributed by atoms with Crippen molar-refractivity contribution in [3.05, 3.63) is 144 Å². The van der Waals surface area contributed by atoms with E-state index in [1.807, 2.05) is 0 Å². The Balaban J connectivity index is 1.32. The average molecular weight is 790 g/mol. The zero-order valence-corrected chi connectivity index (χ0v) is 37.1. The van der Waals surface area contributed by atoms with E-state index in [1.54, 1.807) is 0 Å². The van der Waals surface area contributed by atoms with Crippen LogP contribution in [0.1, 0.15) is 103 Å². The van der Waals surface area contributed by atoms with Crippen molar-refractivity contribution >= 4 is 83.1 Å². The second-order valence-corrected chi connectivity index (χ2v) is 20.8. The molecule has 0 saturated carbocycles. The van der Waals surface area contributed by atoms with Crippen molar-refractivity contribution < 1.29 is 0 Å². The van der Waals surface area contributed by atoms with Gasteiger partial charge in [0.2, 0.25) is 0 Å². The summed E-state index contributed by atoms with van der Waals surface area (Å²) in [6, 6.07) is 47.0. The van der Waals surface area contributed by atoms with E-state index < -0.39 is 0 Å². The van der Waals surface area contributed by atoms with Crippen LogP contribution in [0.5, 0.6) is 0 Å². The summed E-state index contributed by atoms with van der Waals surface area (Å²) in [5, 5.41) is 9.07. The molecule has 3 aromatic heterocycles. The van der Waals surface area contributed by atoms with Crippen LogP contribution in [0.3, 0.4) is 0 Å². The molecule has 5 heterocycles. The predicted octanol–water partition coefficient (Wildman–Crippen LogP) is 14.0. The summed E-state index contributed by atoms with van der Waals surface area (Å²) >= 11 is 0. The van der Waals surface area contributed by atoms with Crippen LogP contribution >= 0.6 is 0 Å². The third kappa shape index (κ3) is 4.91. The molecule has 0 fully saturated rings. The number of aromatic nitrogens is 3. The van der Waals surface area contributed by atoms with Crippen LogP contribution in [0.25, 0.3) is 93.4 Å². The fourth-order valence-corrected chi connectivity index (χ4v) is 11.3. The third-order valence-electron chi connectivity index (χ3n) is 14.3. The van der Waals surface area contributed by atoms with Gasteiger partial charge in [0.15, 0.2) is 0 Å². The van der Waals surface area contributed by atoms with Crippen molar-refractivity contribution in [3.63, 3.8) is 0 Å². The minimum atomic E-state index is -0.0758. The Bertz CT molecular complexity index is 3540. The topological polar surface area (TPSA) is 22.8 Å².